The Hall–Kier alpha value is -2.86. The van der Waals surface area contributed by atoms with Crippen LogP contribution in [0.25, 0.3) is 0 Å². The summed E-state index contributed by atoms with van der Waals surface area (Å²) in [6, 6.07) is 15.1. The van der Waals surface area contributed by atoms with Gasteiger partial charge in [0.2, 0.25) is 0 Å². The number of para-hydroxylation sites is 2. The highest BCUT2D eigenvalue weighted by atomic mass is 32.1. The number of hydrogen-bond acceptors (Lipinski definition) is 5. The van der Waals surface area contributed by atoms with Crippen LogP contribution in [0, 0.1) is 13.8 Å². The Kier molecular flexibility index (Phi) is 5.53. The number of nitrogens with one attached hydrogen (secondary N) is 1. The minimum absolute atomic E-state index is 0.0944. The van der Waals surface area contributed by atoms with Gasteiger partial charge in [-0.05, 0) is 55.2 Å². The van der Waals surface area contributed by atoms with Crippen LogP contribution < -0.4 is 14.8 Å². The van der Waals surface area contributed by atoms with Crippen molar-refractivity contribution in [3.8, 4) is 17.2 Å². The van der Waals surface area contributed by atoms with Gasteiger partial charge in [-0.15, -0.1) is 0 Å². The quantitative estimate of drug-likeness (QED) is 0.696. The first-order valence-corrected chi connectivity index (χ1v) is 8.96. The average Bonchev–Trinajstić information content (AvgIpc) is 3.00. The molecule has 1 aromatic heterocycles. The van der Waals surface area contributed by atoms with Crippen molar-refractivity contribution in [1.29, 1.82) is 0 Å². The molecular weight excluding hydrogens is 348 g/mol. The summed E-state index contributed by atoms with van der Waals surface area (Å²) in [6.07, 6.45) is 0. The smallest absolute Gasteiger partial charge is 0.254 e. The second kappa shape index (κ2) is 8.01. The number of amides is 1. The van der Waals surface area contributed by atoms with Gasteiger partial charge in [-0.3, -0.25) is 4.79 Å². The number of carbonyl (C=O) groups excluding carboxylic acids is 1. The molecule has 0 fully saturated rings. The number of ether oxygens (including phenoxy) is 2. The average molecular weight is 368 g/mol. The predicted octanol–water partition coefficient (Wildman–Crippen LogP) is 4.49. The van der Waals surface area contributed by atoms with E-state index in [2.05, 4.69) is 9.69 Å². The molecule has 0 saturated carbocycles. The van der Waals surface area contributed by atoms with Crippen LogP contribution in [0.5, 0.6) is 17.2 Å². The highest BCUT2D eigenvalue weighted by Gasteiger charge is 2.15. The molecular formula is C20H20N2O3S. The Labute approximate surface area is 156 Å². The van der Waals surface area contributed by atoms with Gasteiger partial charge < -0.3 is 14.8 Å². The minimum Gasteiger partial charge on any atom is -0.493 e. The van der Waals surface area contributed by atoms with Gasteiger partial charge in [0.1, 0.15) is 5.75 Å². The first kappa shape index (κ1) is 17.9. The van der Waals surface area contributed by atoms with Crippen molar-refractivity contribution in [2.45, 2.75) is 20.4 Å². The zero-order valence-electron chi connectivity index (χ0n) is 14.9. The fourth-order valence-electron chi connectivity index (χ4n) is 2.58. The largest absolute Gasteiger partial charge is 0.493 e. The topological polar surface area (TPSA) is 60.5 Å². The molecule has 0 saturated heterocycles. The van der Waals surface area contributed by atoms with E-state index in [0.717, 1.165) is 16.1 Å². The molecule has 0 unspecified atom stereocenters. The van der Waals surface area contributed by atoms with Crippen LogP contribution in [0.4, 0.5) is 0 Å². The molecule has 0 atom stereocenters. The van der Waals surface area contributed by atoms with E-state index in [1.54, 1.807) is 7.11 Å². The Morgan fingerprint density at radius 1 is 1.08 bits per heavy atom. The second-order valence-electron chi connectivity index (χ2n) is 5.78. The molecule has 6 heteroatoms. The molecule has 1 heterocycles. The maximum atomic E-state index is 12.3. The van der Waals surface area contributed by atoms with E-state index in [1.165, 1.54) is 11.5 Å². The lowest BCUT2D eigenvalue weighted by Gasteiger charge is -2.11. The van der Waals surface area contributed by atoms with Crippen LogP contribution in [0.15, 0.2) is 48.5 Å². The summed E-state index contributed by atoms with van der Waals surface area (Å²) >= 11 is 1.35. The van der Waals surface area contributed by atoms with E-state index >= 15 is 0 Å². The number of nitrogens with zero attached hydrogens (tertiary/aromatic N) is 1. The van der Waals surface area contributed by atoms with Crippen LogP contribution in [0.1, 0.15) is 26.5 Å². The molecule has 0 bridgehead atoms. The molecule has 1 N–H and O–H groups in total. The summed E-state index contributed by atoms with van der Waals surface area (Å²) in [6.45, 7) is 4.20. The van der Waals surface area contributed by atoms with Gasteiger partial charge in [0.05, 0.1) is 18.4 Å². The van der Waals surface area contributed by atoms with Crippen LogP contribution in [0.3, 0.4) is 0 Å². The number of rotatable bonds is 6. The summed E-state index contributed by atoms with van der Waals surface area (Å²) in [4.78, 5) is 13.2. The van der Waals surface area contributed by atoms with Gasteiger partial charge in [-0.1, -0.05) is 24.3 Å². The maximum absolute atomic E-state index is 12.3. The SMILES string of the molecule is COc1ccccc1Oc1ccc(CNC(=O)c2c(C)nsc2C)cc1. The lowest BCUT2D eigenvalue weighted by atomic mass is 10.2. The molecule has 26 heavy (non-hydrogen) atoms. The van der Waals surface area contributed by atoms with Crippen molar-refractivity contribution in [3.63, 3.8) is 0 Å². The number of aryl methyl sites for hydroxylation is 2. The Bertz CT molecular complexity index is 884. The molecule has 3 aromatic rings. The maximum Gasteiger partial charge on any atom is 0.254 e. The Balaban J connectivity index is 1.62. The van der Waals surface area contributed by atoms with Crippen molar-refractivity contribution < 1.29 is 14.3 Å². The molecule has 1 amide bonds. The van der Waals surface area contributed by atoms with Crippen molar-refractivity contribution >= 4 is 17.4 Å². The van der Waals surface area contributed by atoms with Crippen LogP contribution in [-0.4, -0.2) is 17.4 Å². The Morgan fingerprint density at radius 2 is 1.77 bits per heavy atom. The van der Waals surface area contributed by atoms with Crippen molar-refractivity contribution in [2.24, 2.45) is 0 Å². The molecule has 3 rings (SSSR count). The van der Waals surface area contributed by atoms with E-state index in [0.29, 0.717) is 29.4 Å². The van der Waals surface area contributed by atoms with E-state index in [1.807, 2.05) is 62.4 Å². The van der Waals surface area contributed by atoms with E-state index in [-0.39, 0.29) is 5.91 Å². The van der Waals surface area contributed by atoms with Gasteiger partial charge in [0.15, 0.2) is 11.5 Å². The summed E-state index contributed by atoms with van der Waals surface area (Å²) in [5.74, 6) is 1.95. The summed E-state index contributed by atoms with van der Waals surface area (Å²) in [7, 11) is 1.61. The van der Waals surface area contributed by atoms with E-state index in [4.69, 9.17) is 9.47 Å². The molecule has 0 spiro atoms. The molecule has 0 aliphatic heterocycles. The second-order valence-corrected chi connectivity index (χ2v) is 6.76. The third kappa shape index (κ3) is 4.03. The Morgan fingerprint density at radius 3 is 2.38 bits per heavy atom. The zero-order valence-corrected chi connectivity index (χ0v) is 15.7. The van der Waals surface area contributed by atoms with Gasteiger partial charge in [0, 0.05) is 11.4 Å². The molecule has 0 radical (unpaired) electrons. The number of carbonyl (C=O) groups is 1. The summed E-state index contributed by atoms with van der Waals surface area (Å²) in [5.41, 5.74) is 2.43. The first-order valence-electron chi connectivity index (χ1n) is 8.19. The number of benzene rings is 2. The van der Waals surface area contributed by atoms with E-state index in [9.17, 15) is 4.79 Å². The third-order valence-corrected chi connectivity index (χ3v) is 4.78. The van der Waals surface area contributed by atoms with Gasteiger partial charge in [-0.2, -0.15) is 4.37 Å². The minimum atomic E-state index is -0.0944. The van der Waals surface area contributed by atoms with Crippen molar-refractivity contribution in [3.05, 3.63) is 70.2 Å². The third-order valence-electron chi connectivity index (χ3n) is 3.93. The highest BCUT2D eigenvalue weighted by molar-refractivity contribution is 7.06. The molecule has 0 aliphatic rings. The summed E-state index contributed by atoms with van der Waals surface area (Å²) < 4.78 is 15.3. The van der Waals surface area contributed by atoms with Crippen LogP contribution in [-0.2, 0) is 6.54 Å². The fraction of sp³-hybridized carbons (Fsp3) is 0.200. The summed E-state index contributed by atoms with van der Waals surface area (Å²) in [5, 5.41) is 2.94. The van der Waals surface area contributed by atoms with Crippen LogP contribution in [0.2, 0.25) is 0 Å². The van der Waals surface area contributed by atoms with Gasteiger partial charge in [-0.25, -0.2) is 0 Å². The normalized spacial score (nSPS) is 10.4. The number of aromatic nitrogens is 1. The molecule has 2 aromatic carbocycles. The van der Waals surface area contributed by atoms with Crippen LogP contribution >= 0.6 is 11.5 Å². The zero-order chi connectivity index (χ0) is 18.5. The van der Waals surface area contributed by atoms with E-state index < -0.39 is 0 Å². The number of methoxy groups -OCH3 is 1. The monoisotopic (exact) mass is 368 g/mol. The molecule has 5 nitrogen and oxygen atoms in total. The molecule has 134 valence electrons. The first-order chi connectivity index (χ1) is 12.6. The predicted molar refractivity (Wildman–Crippen MR) is 102 cm³/mol. The van der Waals surface area contributed by atoms with Crippen molar-refractivity contribution in [2.75, 3.05) is 7.11 Å². The lowest BCUT2D eigenvalue weighted by molar-refractivity contribution is 0.0950. The lowest BCUT2D eigenvalue weighted by Crippen LogP contribution is -2.23. The van der Waals surface area contributed by atoms with Gasteiger partial charge in [0.25, 0.3) is 5.91 Å². The number of hydrogen-bond donors (Lipinski definition) is 1. The van der Waals surface area contributed by atoms with Crippen molar-refractivity contribution in [1.82, 2.24) is 9.69 Å². The highest BCUT2D eigenvalue weighted by Crippen LogP contribution is 2.30. The fourth-order valence-corrected chi connectivity index (χ4v) is 3.28. The van der Waals surface area contributed by atoms with Gasteiger partial charge >= 0.3 is 0 Å². The standard InChI is InChI=1S/C20H20N2O3S/c1-13-19(14(2)26-22-13)20(23)21-12-15-8-10-16(11-9-15)25-18-7-5-4-6-17(18)24-3/h4-11H,12H2,1-3H3,(H,21,23). The molecule has 0 aliphatic carbocycles.